The molecule has 1 aliphatic heterocycles. The molecule has 0 spiro atoms. The summed E-state index contributed by atoms with van der Waals surface area (Å²) in [6.07, 6.45) is 2.42. The van der Waals surface area contributed by atoms with Gasteiger partial charge in [0.2, 0.25) is 5.91 Å². The number of carbonyl (C=O) groups excluding carboxylic acids is 1. The number of nitrogens with zero attached hydrogens (tertiary/aromatic N) is 1. The first-order valence-electron chi connectivity index (χ1n) is 6.46. The first-order chi connectivity index (χ1) is 9.10. The van der Waals surface area contributed by atoms with E-state index in [0.29, 0.717) is 13.0 Å². The predicted molar refractivity (Wildman–Crippen MR) is 85.4 cm³/mol. The van der Waals surface area contributed by atoms with Crippen LogP contribution in [-0.2, 0) is 11.2 Å². The normalized spacial score (nSPS) is 18.4. The second kappa shape index (κ2) is 7.86. The first kappa shape index (κ1) is 17.3. The van der Waals surface area contributed by atoms with Gasteiger partial charge in [-0.2, -0.15) is 0 Å². The van der Waals surface area contributed by atoms with Gasteiger partial charge in [0.05, 0.1) is 18.0 Å². The van der Waals surface area contributed by atoms with Gasteiger partial charge in [-0.3, -0.25) is 4.79 Å². The first-order valence-corrected chi connectivity index (χ1v) is 7.25. The van der Waals surface area contributed by atoms with Crippen LogP contribution in [0.25, 0.3) is 0 Å². The molecule has 2 rings (SSSR count). The fraction of sp³-hybridized carbons (Fsp3) is 0.500. The molecule has 1 aliphatic rings. The minimum absolute atomic E-state index is 0. The molecule has 20 heavy (non-hydrogen) atoms. The number of likely N-dealkylation sites (tertiary alicyclic amines) is 1. The van der Waals surface area contributed by atoms with Crippen LogP contribution in [0.2, 0.25) is 0 Å². The third kappa shape index (κ3) is 4.36. The maximum atomic E-state index is 12.2. The highest BCUT2D eigenvalue weighted by atomic mass is 79.9. The van der Waals surface area contributed by atoms with Gasteiger partial charge >= 0.3 is 0 Å². The van der Waals surface area contributed by atoms with Crippen molar-refractivity contribution in [1.82, 2.24) is 4.90 Å². The Bertz CT molecular complexity index is 470. The average molecular weight is 364 g/mol. The summed E-state index contributed by atoms with van der Waals surface area (Å²) >= 11 is 3.43. The van der Waals surface area contributed by atoms with Crippen LogP contribution in [0, 0.1) is 0 Å². The molecule has 0 aromatic heterocycles. The predicted octanol–water partition coefficient (Wildman–Crippen LogP) is 2.37. The van der Waals surface area contributed by atoms with E-state index in [0.717, 1.165) is 35.2 Å². The van der Waals surface area contributed by atoms with Crippen molar-refractivity contribution in [2.45, 2.75) is 25.3 Å². The second-order valence-corrected chi connectivity index (χ2v) is 5.74. The van der Waals surface area contributed by atoms with Crippen LogP contribution in [0.3, 0.4) is 0 Å². The second-order valence-electron chi connectivity index (χ2n) is 4.89. The minimum atomic E-state index is 0. The van der Waals surface area contributed by atoms with Crippen LogP contribution in [0.5, 0.6) is 5.75 Å². The average Bonchev–Trinajstić information content (AvgIpc) is 2.39. The van der Waals surface area contributed by atoms with Crippen LogP contribution < -0.4 is 10.5 Å². The molecule has 0 saturated carbocycles. The van der Waals surface area contributed by atoms with Crippen molar-refractivity contribution in [3.05, 3.63) is 28.2 Å². The quantitative estimate of drug-likeness (QED) is 0.897. The number of hydrogen-bond acceptors (Lipinski definition) is 3. The SMILES string of the molecule is COc1ccc(CC(=O)N2CCC[C@@H](N)C2)cc1Br.Cl. The molecule has 1 saturated heterocycles. The largest absolute Gasteiger partial charge is 0.496 e. The van der Waals surface area contributed by atoms with Gasteiger partial charge < -0.3 is 15.4 Å². The standard InChI is InChI=1S/C14H19BrN2O2.ClH/c1-19-13-5-4-10(7-12(13)15)8-14(18)17-6-2-3-11(16)9-17;/h4-5,7,11H,2-3,6,8-9,16H2,1H3;1H/t11-;/m1./s1. The fourth-order valence-electron chi connectivity index (χ4n) is 2.34. The molecule has 0 radical (unpaired) electrons. The molecule has 112 valence electrons. The van der Waals surface area contributed by atoms with E-state index in [1.165, 1.54) is 0 Å². The summed E-state index contributed by atoms with van der Waals surface area (Å²) in [5.41, 5.74) is 6.88. The van der Waals surface area contributed by atoms with Crippen molar-refractivity contribution >= 4 is 34.2 Å². The van der Waals surface area contributed by atoms with E-state index in [4.69, 9.17) is 10.5 Å². The zero-order chi connectivity index (χ0) is 13.8. The van der Waals surface area contributed by atoms with E-state index < -0.39 is 0 Å². The lowest BCUT2D eigenvalue weighted by Gasteiger charge is -2.30. The molecule has 1 aromatic carbocycles. The summed E-state index contributed by atoms with van der Waals surface area (Å²) < 4.78 is 6.05. The van der Waals surface area contributed by atoms with E-state index in [1.807, 2.05) is 23.1 Å². The van der Waals surface area contributed by atoms with Crippen molar-refractivity contribution in [3.8, 4) is 5.75 Å². The van der Waals surface area contributed by atoms with Gasteiger partial charge in [0.15, 0.2) is 0 Å². The van der Waals surface area contributed by atoms with Crippen LogP contribution in [0.15, 0.2) is 22.7 Å². The van der Waals surface area contributed by atoms with Crippen molar-refractivity contribution in [2.75, 3.05) is 20.2 Å². The summed E-state index contributed by atoms with van der Waals surface area (Å²) in [6.45, 7) is 1.50. The summed E-state index contributed by atoms with van der Waals surface area (Å²) in [6, 6.07) is 5.85. The van der Waals surface area contributed by atoms with Crippen LogP contribution in [-0.4, -0.2) is 37.0 Å². The lowest BCUT2D eigenvalue weighted by Crippen LogP contribution is -2.46. The lowest BCUT2D eigenvalue weighted by molar-refractivity contribution is -0.131. The molecular formula is C14H20BrClN2O2. The van der Waals surface area contributed by atoms with Gasteiger partial charge in [-0.25, -0.2) is 0 Å². The number of ether oxygens (including phenoxy) is 1. The van der Waals surface area contributed by atoms with E-state index in [2.05, 4.69) is 15.9 Å². The van der Waals surface area contributed by atoms with E-state index in [9.17, 15) is 4.79 Å². The Hall–Kier alpha value is -0.780. The molecule has 1 atom stereocenters. The van der Waals surface area contributed by atoms with Crippen molar-refractivity contribution in [2.24, 2.45) is 5.73 Å². The topological polar surface area (TPSA) is 55.6 Å². The maximum Gasteiger partial charge on any atom is 0.227 e. The van der Waals surface area contributed by atoms with E-state index in [-0.39, 0.29) is 24.4 Å². The number of amides is 1. The fourth-order valence-corrected chi connectivity index (χ4v) is 2.93. The van der Waals surface area contributed by atoms with E-state index in [1.54, 1.807) is 7.11 Å². The van der Waals surface area contributed by atoms with Gasteiger partial charge in [-0.15, -0.1) is 12.4 Å². The van der Waals surface area contributed by atoms with Gasteiger partial charge in [0, 0.05) is 19.1 Å². The Morgan fingerprint density at radius 1 is 1.55 bits per heavy atom. The summed E-state index contributed by atoms with van der Waals surface area (Å²) in [4.78, 5) is 14.1. The molecule has 4 nitrogen and oxygen atoms in total. The lowest BCUT2D eigenvalue weighted by atomic mass is 10.1. The summed E-state index contributed by atoms with van der Waals surface area (Å²) in [5.74, 6) is 0.920. The molecule has 2 N–H and O–H groups in total. The molecular weight excluding hydrogens is 344 g/mol. The van der Waals surface area contributed by atoms with Crippen molar-refractivity contribution in [3.63, 3.8) is 0 Å². The Morgan fingerprint density at radius 2 is 2.30 bits per heavy atom. The number of halogens is 2. The molecule has 1 heterocycles. The molecule has 0 unspecified atom stereocenters. The molecule has 0 aliphatic carbocycles. The molecule has 1 fully saturated rings. The van der Waals surface area contributed by atoms with Crippen LogP contribution in [0.1, 0.15) is 18.4 Å². The van der Waals surface area contributed by atoms with Gasteiger partial charge in [0.1, 0.15) is 5.75 Å². The number of nitrogens with two attached hydrogens (primary N) is 1. The Kier molecular flexibility index (Phi) is 6.79. The highest BCUT2D eigenvalue weighted by molar-refractivity contribution is 9.10. The Morgan fingerprint density at radius 3 is 2.90 bits per heavy atom. The number of methoxy groups -OCH3 is 1. The van der Waals surface area contributed by atoms with Gasteiger partial charge in [-0.1, -0.05) is 6.07 Å². The Labute approximate surface area is 134 Å². The summed E-state index contributed by atoms with van der Waals surface area (Å²) in [5, 5.41) is 0. The zero-order valence-corrected chi connectivity index (χ0v) is 13.9. The number of piperidine rings is 1. The minimum Gasteiger partial charge on any atom is -0.496 e. The molecule has 6 heteroatoms. The zero-order valence-electron chi connectivity index (χ0n) is 11.5. The Balaban J connectivity index is 0.00000200. The monoisotopic (exact) mass is 362 g/mol. The van der Waals surface area contributed by atoms with Crippen molar-refractivity contribution < 1.29 is 9.53 Å². The third-order valence-corrected chi connectivity index (χ3v) is 4.00. The third-order valence-electron chi connectivity index (χ3n) is 3.38. The number of benzene rings is 1. The number of carbonyl (C=O) groups is 1. The van der Waals surface area contributed by atoms with Crippen molar-refractivity contribution in [1.29, 1.82) is 0 Å². The van der Waals surface area contributed by atoms with Crippen LogP contribution in [0.4, 0.5) is 0 Å². The highest BCUT2D eigenvalue weighted by Crippen LogP contribution is 2.26. The molecule has 1 amide bonds. The molecule has 1 aromatic rings. The maximum absolute atomic E-state index is 12.2. The van der Waals surface area contributed by atoms with Gasteiger partial charge in [0.25, 0.3) is 0 Å². The number of rotatable bonds is 3. The van der Waals surface area contributed by atoms with Gasteiger partial charge in [-0.05, 0) is 46.5 Å². The molecule has 0 bridgehead atoms. The highest BCUT2D eigenvalue weighted by Gasteiger charge is 2.21. The van der Waals surface area contributed by atoms with E-state index >= 15 is 0 Å². The number of hydrogen-bond donors (Lipinski definition) is 1. The van der Waals surface area contributed by atoms with Crippen LogP contribution >= 0.6 is 28.3 Å². The smallest absolute Gasteiger partial charge is 0.227 e. The summed E-state index contributed by atoms with van der Waals surface area (Å²) in [7, 11) is 1.63.